The van der Waals surface area contributed by atoms with Crippen LogP contribution in [0, 0.1) is 0 Å². The molecule has 0 unspecified atom stereocenters. The zero-order valence-corrected chi connectivity index (χ0v) is 18.7. The van der Waals surface area contributed by atoms with E-state index in [0.29, 0.717) is 35.9 Å². The summed E-state index contributed by atoms with van der Waals surface area (Å²) in [5.41, 5.74) is 1.19. The zero-order chi connectivity index (χ0) is 22.6. The van der Waals surface area contributed by atoms with Crippen LogP contribution >= 0.6 is 0 Å². The molecule has 9 nitrogen and oxygen atoms in total. The van der Waals surface area contributed by atoms with Crippen molar-refractivity contribution in [3.8, 4) is 0 Å². The van der Waals surface area contributed by atoms with Crippen LogP contribution in [0.5, 0.6) is 0 Å². The lowest BCUT2D eigenvalue weighted by molar-refractivity contribution is 0.0635. The van der Waals surface area contributed by atoms with Crippen LogP contribution in [0.2, 0.25) is 0 Å². The lowest BCUT2D eigenvalue weighted by Crippen LogP contribution is -2.31. The largest absolute Gasteiger partial charge is 0.444 e. The second-order valence-electron chi connectivity index (χ2n) is 8.01. The maximum Gasteiger partial charge on any atom is 0.412 e. The average molecular weight is 418 g/mol. The van der Waals surface area contributed by atoms with Crippen LogP contribution in [0.4, 0.5) is 16.2 Å². The molecule has 2 aromatic heterocycles. The Morgan fingerprint density at radius 3 is 1.97 bits per heavy atom. The molecular formula is C21H31N5O4. The fourth-order valence-electron chi connectivity index (χ4n) is 2.99. The van der Waals surface area contributed by atoms with E-state index in [4.69, 9.17) is 4.74 Å². The van der Waals surface area contributed by atoms with E-state index < -0.39 is 11.7 Å². The van der Waals surface area contributed by atoms with Gasteiger partial charge in [0.25, 0.3) is 11.8 Å². The number of hydrogen-bond donors (Lipinski definition) is 2. The highest BCUT2D eigenvalue weighted by Gasteiger charge is 2.20. The lowest BCUT2D eigenvalue weighted by atomic mass is 10.2. The van der Waals surface area contributed by atoms with E-state index in [-0.39, 0.29) is 11.8 Å². The Morgan fingerprint density at radius 1 is 0.933 bits per heavy atom. The number of hydrogen-bond acceptors (Lipinski definition) is 4. The summed E-state index contributed by atoms with van der Waals surface area (Å²) in [6.07, 6.45) is 2.72. The van der Waals surface area contributed by atoms with Crippen LogP contribution in [0.15, 0.2) is 24.5 Å². The molecule has 0 radical (unpaired) electrons. The Morgan fingerprint density at radius 2 is 1.43 bits per heavy atom. The highest BCUT2D eigenvalue weighted by atomic mass is 16.6. The summed E-state index contributed by atoms with van der Waals surface area (Å²) in [6.45, 7) is 10.4. The molecule has 2 rings (SSSR count). The van der Waals surface area contributed by atoms with Gasteiger partial charge in [-0.1, -0.05) is 0 Å². The molecule has 2 aromatic rings. The smallest absolute Gasteiger partial charge is 0.412 e. The van der Waals surface area contributed by atoms with E-state index in [1.54, 1.807) is 73.4 Å². The molecule has 2 N–H and O–H groups in total. The normalized spacial score (nSPS) is 11.2. The number of aryl methyl sites for hydroxylation is 2. The maximum absolute atomic E-state index is 12.7. The van der Waals surface area contributed by atoms with Gasteiger partial charge in [0.1, 0.15) is 17.0 Å². The van der Waals surface area contributed by atoms with Crippen molar-refractivity contribution in [2.45, 2.75) is 40.2 Å². The number of nitrogens with one attached hydrogen (secondary N) is 2. The van der Waals surface area contributed by atoms with Crippen molar-refractivity contribution < 1.29 is 19.1 Å². The summed E-state index contributed by atoms with van der Waals surface area (Å²) >= 11 is 0. The lowest BCUT2D eigenvalue weighted by Gasteiger charge is -2.19. The van der Waals surface area contributed by atoms with Crippen molar-refractivity contribution in [1.82, 2.24) is 14.0 Å². The second-order valence-corrected chi connectivity index (χ2v) is 8.01. The summed E-state index contributed by atoms with van der Waals surface area (Å²) in [4.78, 5) is 39.0. The second kappa shape index (κ2) is 9.06. The molecule has 164 valence electrons. The van der Waals surface area contributed by atoms with Crippen molar-refractivity contribution in [3.05, 3.63) is 35.9 Å². The number of ether oxygens (including phenoxy) is 1. The third-order valence-corrected chi connectivity index (χ3v) is 4.42. The van der Waals surface area contributed by atoms with Gasteiger partial charge >= 0.3 is 6.09 Å². The van der Waals surface area contributed by atoms with Gasteiger partial charge in [0.05, 0.1) is 11.4 Å². The minimum absolute atomic E-state index is 0.0919. The van der Waals surface area contributed by atoms with Gasteiger partial charge in [0, 0.05) is 39.6 Å². The third kappa shape index (κ3) is 5.65. The molecule has 0 aliphatic rings. The number of rotatable bonds is 6. The predicted octanol–water partition coefficient (Wildman–Crippen LogP) is 3.44. The summed E-state index contributed by atoms with van der Waals surface area (Å²) in [6, 6.07) is 3.21. The van der Waals surface area contributed by atoms with Gasteiger partial charge in [-0.25, -0.2) is 4.79 Å². The molecule has 0 aromatic carbocycles. The molecule has 0 fully saturated rings. The fourth-order valence-corrected chi connectivity index (χ4v) is 2.99. The highest BCUT2D eigenvalue weighted by molar-refractivity contribution is 6.05. The van der Waals surface area contributed by atoms with Crippen LogP contribution in [-0.2, 0) is 18.8 Å². The molecule has 0 spiro atoms. The van der Waals surface area contributed by atoms with Crippen molar-refractivity contribution in [2.75, 3.05) is 23.7 Å². The quantitative estimate of drug-likeness (QED) is 0.752. The van der Waals surface area contributed by atoms with Crippen molar-refractivity contribution in [2.24, 2.45) is 14.1 Å². The van der Waals surface area contributed by atoms with Gasteiger partial charge in [0.15, 0.2) is 0 Å². The summed E-state index contributed by atoms with van der Waals surface area (Å²) in [7, 11) is 3.47. The van der Waals surface area contributed by atoms with E-state index in [0.717, 1.165) is 0 Å². The van der Waals surface area contributed by atoms with Gasteiger partial charge < -0.3 is 24.1 Å². The monoisotopic (exact) mass is 417 g/mol. The average Bonchev–Trinajstić information content (AvgIpc) is 3.16. The van der Waals surface area contributed by atoms with Crippen LogP contribution in [0.1, 0.15) is 55.6 Å². The first-order valence-electron chi connectivity index (χ1n) is 9.88. The minimum Gasteiger partial charge on any atom is -0.444 e. The standard InChI is InChI=1S/C21H31N5O4/c1-8-26(9-2)19(28)17-11-14(12-25(17)7)22-18(27)16-10-15(13-24(16)6)23-20(29)30-21(3,4)5/h10-13H,8-9H2,1-7H3,(H,22,27)(H,23,29). The van der Waals surface area contributed by atoms with Crippen molar-refractivity contribution in [1.29, 1.82) is 0 Å². The van der Waals surface area contributed by atoms with Gasteiger partial charge in [-0.05, 0) is 46.8 Å². The number of carbonyl (C=O) groups excluding carboxylic acids is 3. The molecule has 30 heavy (non-hydrogen) atoms. The number of aromatic nitrogens is 2. The molecule has 0 aliphatic carbocycles. The first kappa shape index (κ1) is 23.1. The Bertz CT molecular complexity index is 932. The van der Waals surface area contributed by atoms with Crippen LogP contribution in [0.3, 0.4) is 0 Å². The molecule has 0 saturated carbocycles. The first-order valence-corrected chi connectivity index (χ1v) is 9.88. The molecular weight excluding hydrogens is 386 g/mol. The van der Waals surface area contributed by atoms with Crippen LogP contribution in [-0.4, -0.2) is 50.6 Å². The third-order valence-electron chi connectivity index (χ3n) is 4.42. The Hall–Kier alpha value is -3.23. The Balaban J connectivity index is 2.12. The maximum atomic E-state index is 12.7. The summed E-state index contributed by atoms with van der Waals surface area (Å²) in [5.74, 6) is -0.451. The number of nitrogens with zero attached hydrogens (tertiary/aromatic N) is 3. The topological polar surface area (TPSA) is 97.6 Å². The first-order chi connectivity index (χ1) is 13.9. The molecule has 2 heterocycles. The summed E-state index contributed by atoms with van der Waals surface area (Å²) < 4.78 is 8.52. The SMILES string of the molecule is CCN(CC)C(=O)c1cc(NC(=O)c2cc(NC(=O)OC(C)(C)C)cn2C)cn1C. The molecule has 0 aliphatic heterocycles. The minimum atomic E-state index is -0.618. The number of carbonyl (C=O) groups is 3. The highest BCUT2D eigenvalue weighted by Crippen LogP contribution is 2.19. The van der Waals surface area contributed by atoms with Crippen LogP contribution < -0.4 is 10.6 Å². The Kier molecular flexibility index (Phi) is 6.96. The van der Waals surface area contributed by atoms with E-state index in [2.05, 4.69) is 10.6 Å². The van der Waals surface area contributed by atoms with Gasteiger partial charge in [-0.15, -0.1) is 0 Å². The fraction of sp³-hybridized carbons (Fsp3) is 0.476. The molecule has 9 heteroatoms. The molecule has 3 amide bonds. The van der Waals surface area contributed by atoms with E-state index in [1.807, 2.05) is 13.8 Å². The van der Waals surface area contributed by atoms with Crippen LogP contribution in [0.25, 0.3) is 0 Å². The van der Waals surface area contributed by atoms with Crippen molar-refractivity contribution in [3.63, 3.8) is 0 Å². The van der Waals surface area contributed by atoms with E-state index in [1.165, 1.54) is 0 Å². The predicted molar refractivity (Wildman–Crippen MR) is 116 cm³/mol. The van der Waals surface area contributed by atoms with Gasteiger partial charge in [0.2, 0.25) is 0 Å². The molecule has 0 saturated heterocycles. The van der Waals surface area contributed by atoms with Gasteiger partial charge in [-0.3, -0.25) is 14.9 Å². The van der Waals surface area contributed by atoms with Crippen molar-refractivity contribution >= 4 is 29.3 Å². The van der Waals surface area contributed by atoms with Gasteiger partial charge in [-0.2, -0.15) is 0 Å². The van der Waals surface area contributed by atoms with E-state index >= 15 is 0 Å². The Labute approximate surface area is 177 Å². The zero-order valence-electron chi connectivity index (χ0n) is 18.7. The number of anilines is 2. The number of amides is 3. The molecule has 0 bridgehead atoms. The molecule has 0 atom stereocenters. The van der Waals surface area contributed by atoms with E-state index in [9.17, 15) is 14.4 Å². The summed E-state index contributed by atoms with van der Waals surface area (Å²) in [5, 5.41) is 5.42.